The maximum atomic E-state index is 12.5. The van der Waals surface area contributed by atoms with Gasteiger partial charge in [0.15, 0.2) is 0 Å². The van der Waals surface area contributed by atoms with Gasteiger partial charge in [-0.2, -0.15) is 4.31 Å². The van der Waals surface area contributed by atoms with Gasteiger partial charge in [0.25, 0.3) is 5.91 Å². The Kier molecular flexibility index (Phi) is 4.51. The number of sulfonamides is 1. The number of morpholine rings is 1. The van der Waals surface area contributed by atoms with E-state index < -0.39 is 15.3 Å². The second-order valence-corrected chi connectivity index (χ2v) is 7.69. The Bertz CT molecular complexity index is 664. The van der Waals surface area contributed by atoms with Crippen LogP contribution < -0.4 is 4.74 Å². The molecule has 3 heterocycles. The average Bonchev–Trinajstić information content (AvgIpc) is 2.54. The van der Waals surface area contributed by atoms with Crippen molar-refractivity contribution in [3.8, 4) is 5.88 Å². The normalized spacial score (nSPS) is 20.1. The van der Waals surface area contributed by atoms with Gasteiger partial charge >= 0.3 is 0 Å². The molecule has 3 rings (SSSR count). The standard InChI is InChI=1S/C14H19N3O5S/c1-21-13-3-2-11(8-15-13)14(18)16-9-12(10-16)23(19,20)17-4-6-22-7-5-17/h2-3,8,12H,4-7,9-10H2,1H3. The van der Waals surface area contributed by atoms with E-state index in [0.717, 1.165) is 0 Å². The molecule has 23 heavy (non-hydrogen) atoms. The average molecular weight is 341 g/mol. The van der Waals surface area contributed by atoms with Gasteiger partial charge in [0.1, 0.15) is 5.25 Å². The second kappa shape index (κ2) is 6.42. The Morgan fingerprint density at radius 2 is 2.00 bits per heavy atom. The zero-order chi connectivity index (χ0) is 16.4. The maximum Gasteiger partial charge on any atom is 0.255 e. The lowest BCUT2D eigenvalue weighted by molar-refractivity contribution is 0.0616. The first-order valence-electron chi connectivity index (χ1n) is 7.38. The Morgan fingerprint density at radius 3 is 2.57 bits per heavy atom. The van der Waals surface area contributed by atoms with Gasteiger partial charge in [-0.05, 0) is 6.07 Å². The van der Waals surface area contributed by atoms with E-state index in [9.17, 15) is 13.2 Å². The first-order valence-corrected chi connectivity index (χ1v) is 8.88. The summed E-state index contributed by atoms with van der Waals surface area (Å²) in [5.74, 6) is 0.214. The van der Waals surface area contributed by atoms with Crippen LogP contribution in [0.15, 0.2) is 18.3 Å². The minimum Gasteiger partial charge on any atom is -0.481 e. The number of amides is 1. The summed E-state index contributed by atoms with van der Waals surface area (Å²) in [4.78, 5) is 17.8. The molecule has 2 saturated heterocycles. The van der Waals surface area contributed by atoms with Crippen molar-refractivity contribution in [1.29, 1.82) is 0 Å². The van der Waals surface area contributed by atoms with E-state index >= 15 is 0 Å². The van der Waals surface area contributed by atoms with Crippen molar-refractivity contribution in [2.45, 2.75) is 5.25 Å². The van der Waals surface area contributed by atoms with E-state index in [1.807, 2.05) is 0 Å². The molecule has 0 aromatic carbocycles. The highest BCUT2D eigenvalue weighted by molar-refractivity contribution is 7.89. The molecule has 0 bridgehead atoms. The number of carbonyl (C=O) groups excluding carboxylic acids is 1. The first kappa shape index (κ1) is 16.2. The Balaban J connectivity index is 1.60. The predicted octanol–water partition coefficient (Wildman–Crippen LogP) is -0.423. The molecule has 2 aliphatic rings. The number of hydrogen-bond donors (Lipinski definition) is 0. The largest absolute Gasteiger partial charge is 0.481 e. The summed E-state index contributed by atoms with van der Waals surface area (Å²) >= 11 is 0. The van der Waals surface area contributed by atoms with Crippen molar-refractivity contribution in [3.63, 3.8) is 0 Å². The van der Waals surface area contributed by atoms with Gasteiger partial charge < -0.3 is 14.4 Å². The smallest absolute Gasteiger partial charge is 0.255 e. The van der Waals surface area contributed by atoms with Crippen LogP contribution in [-0.4, -0.2) is 80.3 Å². The molecule has 0 aliphatic carbocycles. The summed E-state index contributed by atoms with van der Waals surface area (Å²) in [6.07, 6.45) is 1.44. The minimum atomic E-state index is -3.36. The van der Waals surface area contributed by atoms with Crippen LogP contribution in [0, 0.1) is 0 Å². The number of methoxy groups -OCH3 is 1. The lowest BCUT2D eigenvalue weighted by Gasteiger charge is -2.41. The molecular weight excluding hydrogens is 322 g/mol. The fourth-order valence-corrected chi connectivity index (χ4v) is 4.43. The quantitative estimate of drug-likeness (QED) is 0.739. The van der Waals surface area contributed by atoms with Crippen LogP contribution in [0.2, 0.25) is 0 Å². The fraction of sp³-hybridized carbons (Fsp3) is 0.571. The van der Waals surface area contributed by atoms with Crippen molar-refractivity contribution in [2.75, 3.05) is 46.5 Å². The summed E-state index contributed by atoms with van der Waals surface area (Å²) in [5, 5.41) is -0.532. The Hall–Kier alpha value is -1.71. The van der Waals surface area contributed by atoms with E-state index in [1.54, 1.807) is 12.1 Å². The molecule has 1 aromatic heterocycles. The van der Waals surface area contributed by atoms with Crippen molar-refractivity contribution in [1.82, 2.24) is 14.2 Å². The van der Waals surface area contributed by atoms with E-state index in [0.29, 0.717) is 37.7 Å². The molecule has 2 fully saturated rings. The zero-order valence-corrected chi connectivity index (χ0v) is 13.7. The minimum absolute atomic E-state index is 0.213. The monoisotopic (exact) mass is 341 g/mol. The first-order chi connectivity index (χ1) is 11.0. The molecule has 0 saturated carbocycles. The molecule has 126 valence electrons. The number of likely N-dealkylation sites (tertiary alicyclic amines) is 1. The topological polar surface area (TPSA) is 89.0 Å². The summed E-state index contributed by atoms with van der Waals surface area (Å²) < 4.78 is 36.5. The lowest BCUT2D eigenvalue weighted by Crippen LogP contribution is -2.60. The summed E-state index contributed by atoms with van der Waals surface area (Å²) in [5.41, 5.74) is 0.424. The third-order valence-electron chi connectivity index (χ3n) is 4.08. The molecule has 0 radical (unpaired) electrons. The summed E-state index contributed by atoms with van der Waals surface area (Å²) in [7, 11) is -1.86. The molecule has 0 spiro atoms. The zero-order valence-electron chi connectivity index (χ0n) is 12.8. The highest BCUT2D eigenvalue weighted by Gasteiger charge is 2.43. The van der Waals surface area contributed by atoms with Crippen molar-refractivity contribution in [2.24, 2.45) is 0 Å². The number of hydrogen-bond acceptors (Lipinski definition) is 6. The third kappa shape index (κ3) is 3.17. The third-order valence-corrected chi connectivity index (χ3v) is 6.30. The highest BCUT2D eigenvalue weighted by atomic mass is 32.2. The number of carbonyl (C=O) groups is 1. The molecule has 1 amide bonds. The van der Waals surface area contributed by atoms with Crippen LogP contribution in [-0.2, 0) is 14.8 Å². The molecule has 0 atom stereocenters. The van der Waals surface area contributed by atoms with Gasteiger partial charge in [-0.1, -0.05) is 0 Å². The van der Waals surface area contributed by atoms with Crippen LogP contribution in [0.3, 0.4) is 0 Å². The van der Waals surface area contributed by atoms with Gasteiger partial charge in [0.2, 0.25) is 15.9 Å². The predicted molar refractivity (Wildman–Crippen MR) is 81.8 cm³/mol. The van der Waals surface area contributed by atoms with E-state index in [1.165, 1.54) is 22.5 Å². The molecule has 9 heteroatoms. The van der Waals surface area contributed by atoms with Crippen LogP contribution >= 0.6 is 0 Å². The van der Waals surface area contributed by atoms with Crippen molar-refractivity contribution < 1.29 is 22.7 Å². The summed E-state index contributed by atoms with van der Waals surface area (Å²) in [6, 6.07) is 3.23. The van der Waals surface area contributed by atoms with Crippen LogP contribution in [0.1, 0.15) is 10.4 Å². The highest BCUT2D eigenvalue weighted by Crippen LogP contribution is 2.23. The summed E-state index contributed by atoms with van der Waals surface area (Å²) in [6.45, 7) is 2.04. The number of nitrogens with zero attached hydrogens (tertiary/aromatic N) is 3. The molecule has 1 aromatic rings. The van der Waals surface area contributed by atoms with Gasteiger partial charge in [-0.3, -0.25) is 4.79 Å². The number of aromatic nitrogens is 1. The van der Waals surface area contributed by atoms with Gasteiger partial charge in [0, 0.05) is 38.4 Å². The van der Waals surface area contributed by atoms with Crippen LogP contribution in [0.25, 0.3) is 0 Å². The van der Waals surface area contributed by atoms with Crippen molar-refractivity contribution in [3.05, 3.63) is 23.9 Å². The second-order valence-electron chi connectivity index (χ2n) is 5.48. The molecule has 0 N–H and O–H groups in total. The van der Waals surface area contributed by atoms with Crippen LogP contribution in [0.4, 0.5) is 0 Å². The van der Waals surface area contributed by atoms with Gasteiger partial charge in [-0.15, -0.1) is 0 Å². The molecule has 0 unspecified atom stereocenters. The number of ether oxygens (including phenoxy) is 2. The van der Waals surface area contributed by atoms with Crippen LogP contribution in [0.5, 0.6) is 5.88 Å². The lowest BCUT2D eigenvalue weighted by atomic mass is 10.1. The molecule has 2 aliphatic heterocycles. The molecule has 8 nitrogen and oxygen atoms in total. The van der Waals surface area contributed by atoms with E-state index in [-0.39, 0.29) is 19.0 Å². The number of pyridine rings is 1. The Labute approximate surface area is 135 Å². The van der Waals surface area contributed by atoms with Gasteiger partial charge in [0.05, 0.1) is 25.9 Å². The van der Waals surface area contributed by atoms with E-state index in [2.05, 4.69) is 4.98 Å². The Morgan fingerprint density at radius 1 is 1.30 bits per heavy atom. The fourth-order valence-electron chi connectivity index (χ4n) is 2.61. The van der Waals surface area contributed by atoms with Gasteiger partial charge in [-0.25, -0.2) is 13.4 Å². The van der Waals surface area contributed by atoms with Crippen molar-refractivity contribution >= 4 is 15.9 Å². The van der Waals surface area contributed by atoms with E-state index in [4.69, 9.17) is 9.47 Å². The maximum absolute atomic E-state index is 12.5. The SMILES string of the molecule is COc1ccc(C(=O)N2CC(S(=O)(=O)N3CCOCC3)C2)cn1. The molecular formula is C14H19N3O5S. The number of rotatable bonds is 4.